The molecule has 1 atom stereocenters. The lowest BCUT2D eigenvalue weighted by molar-refractivity contribution is -0.140. The van der Waals surface area contributed by atoms with Crippen molar-refractivity contribution in [2.24, 2.45) is 0 Å². The molecule has 2 rings (SSSR count). The van der Waals surface area contributed by atoms with Crippen LogP contribution in [0.15, 0.2) is 48.5 Å². The van der Waals surface area contributed by atoms with Gasteiger partial charge in [0.15, 0.2) is 0 Å². The zero-order chi connectivity index (χ0) is 20.0. The molecule has 4 nitrogen and oxygen atoms in total. The fourth-order valence-electron chi connectivity index (χ4n) is 2.86. The average molecular weight is 367 g/mol. The Morgan fingerprint density at radius 3 is 1.81 bits per heavy atom. The van der Waals surface area contributed by atoms with E-state index < -0.39 is 6.04 Å². The topological polar surface area (TPSA) is 49.4 Å². The lowest BCUT2D eigenvalue weighted by Gasteiger charge is -2.29. The summed E-state index contributed by atoms with van der Waals surface area (Å²) in [7, 11) is 0. The third-order valence-corrected chi connectivity index (χ3v) is 4.55. The van der Waals surface area contributed by atoms with Crippen LogP contribution in [0.25, 0.3) is 0 Å². The Kier molecular flexibility index (Phi) is 7.17. The number of nitrogens with one attached hydrogen (secondary N) is 1. The molecule has 4 heteroatoms. The summed E-state index contributed by atoms with van der Waals surface area (Å²) < 4.78 is 0. The lowest BCUT2D eigenvalue weighted by atomic mass is 10.1. The smallest absolute Gasteiger partial charge is 0.242 e. The molecule has 0 fully saturated rings. The van der Waals surface area contributed by atoms with Crippen LogP contribution in [-0.2, 0) is 22.6 Å². The third-order valence-electron chi connectivity index (χ3n) is 4.55. The quantitative estimate of drug-likeness (QED) is 0.810. The minimum absolute atomic E-state index is 0.0355. The molecule has 0 aliphatic rings. The second-order valence-corrected chi connectivity index (χ2v) is 7.51. The van der Waals surface area contributed by atoms with Gasteiger partial charge in [0.25, 0.3) is 0 Å². The summed E-state index contributed by atoms with van der Waals surface area (Å²) in [5.41, 5.74) is 4.30. The van der Waals surface area contributed by atoms with Crippen LogP contribution in [0.2, 0.25) is 0 Å². The van der Waals surface area contributed by atoms with Crippen molar-refractivity contribution in [2.45, 2.75) is 59.7 Å². The first kappa shape index (κ1) is 20.7. The van der Waals surface area contributed by atoms with E-state index in [1.54, 1.807) is 11.8 Å². The molecule has 0 aliphatic heterocycles. The molecule has 0 heterocycles. The molecule has 0 radical (unpaired) electrons. The van der Waals surface area contributed by atoms with Crippen LogP contribution in [0.3, 0.4) is 0 Å². The lowest BCUT2D eigenvalue weighted by Crippen LogP contribution is -2.49. The first-order chi connectivity index (χ1) is 12.8. The van der Waals surface area contributed by atoms with Gasteiger partial charge >= 0.3 is 0 Å². The van der Waals surface area contributed by atoms with E-state index in [9.17, 15) is 9.59 Å². The normalized spacial score (nSPS) is 11.9. The molecule has 0 bridgehead atoms. The highest BCUT2D eigenvalue weighted by Gasteiger charge is 2.26. The third kappa shape index (κ3) is 6.24. The van der Waals surface area contributed by atoms with Crippen LogP contribution in [0, 0.1) is 13.8 Å². The number of amides is 2. The second kappa shape index (κ2) is 9.36. The average Bonchev–Trinajstić information content (AvgIpc) is 2.62. The van der Waals surface area contributed by atoms with Gasteiger partial charge in [0.2, 0.25) is 11.8 Å². The maximum absolute atomic E-state index is 13.0. The van der Waals surface area contributed by atoms with Crippen LogP contribution in [0.5, 0.6) is 0 Å². The van der Waals surface area contributed by atoms with Crippen molar-refractivity contribution in [3.8, 4) is 0 Å². The van der Waals surface area contributed by atoms with E-state index in [4.69, 9.17) is 0 Å². The Labute approximate surface area is 162 Å². The Morgan fingerprint density at radius 1 is 0.852 bits per heavy atom. The summed E-state index contributed by atoms with van der Waals surface area (Å²) in [6.07, 6.45) is 0.283. The van der Waals surface area contributed by atoms with E-state index >= 15 is 0 Å². The van der Waals surface area contributed by atoms with E-state index in [-0.39, 0.29) is 24.3 Å². The van der Waals surface area contributed by atoms with Crippen molar-refractivity contribution in [3.05, 3.63) is 70.8 Å². The highest BCUT2D eigenvalue weighted by atomic mass is 16.2. The first-order valence-corrected chi connectivity index (χ1v) is 9.47. The van der Waals surface area contributed by atoms with E-state index in [1.807, 2.05) is 76.2 Å². The fourth-order valence-corrected chi connectivity index (χ4v) is 2.86. The predicted octanol–water partition coefficient (Wildman–Crippen LogP) is 3.79. The van der Waals surface area contributed by atoms with Gasteiger partial charge in [-0.2, -0.15) is 0 Å². The van der Waals surface area contributed by atoms with Crippen LogP contribution in [0.4, 0.5) is 0 Å². The van der Waals surface area contributed by atoms with Crippen molar-refractivity contribution in [1.82, 2.24) is 10.2 Å². The van der Waals surface area contributed by atoms with Gasteiger partial charge < -0.3 is 10.2 Å². The van der Waals surface area contributed by atoms with E-state index in [2.05, 4.69) is 5.32 Å². The SMILES string of the molecule is Cc1ccc(CC(=O)N(Cc2ccc(C)cc2)[C@H](C)C(=O)NC(C)C)cc1. The Bertz CT molecular complexity index is 764. The highest BCUT2D eigenvalue weighted by molar-refractivity contribution is 5.88. The van der Waals surface area contributed by atoms with Gasteiger partial charge in [0, 0.05) is 12.6 Å². The molecule has 0 unspecified atom stereocenters. The van der Waals surface area contributed by atoms with E-state index in [1.165, 1.54) is 5.56 Å². The number of rotatable bonds is 7. The molecule has 0 aromatic heterocycles. The van der Waals surface area contributed by atoms with Crippen molar-refractivity contribution in [3.63, 3.8) is 0 Å². The number of carbonyl (C=O) groups excluding carboxylic acids is 2. The number of benzene rings is 2. The molecule has 27 heavy (non-hydrogen) atoms. The molecule has 2 amide bonds. The summed E-state index contributed by atoms with van der Waals surface area (Å²) >= 11 is 0. The van der Waals surface area contributed by atoms with Gasteiger partial charge in [-0.1, -0.05) is 59.7 Å². The predicted molar refractivity (Wildman–Crippen MR) is 109 cm³/mol. The number of nitrogens with zero attached hydrogens (tertiary/aromatic N) is 1. The van der Waals surface area contributed by atoms with Gasteiger partial charge in [0.05, 0.1) is 6.42 Å². The van der Waals surface area contributed by atoms with Gasteiger partial charge in [-0.3, -0.25) is 9.59 Å². The summed E-state index contributed by atoms with van der Waals surface area (Å²) in [5.74, 6) is -0.180. The molecular formula is C23H30N2O2. The van der Waals surface area contributed by atoms with Crippen molar-refractivity contribution in [2.75, 3.05) is 0 Å². The Balaban J connectivity index is 2.21. The number of hydrogen-bond acceptors (Lipinski definition) is 2. The molecule has 1 N–H and O–H groups in total. The monoisotopic (exact) mass is 366 g/mol. The summed E-state index contributed by atoms with van der Waals surface area (Å²) in [6, 6.07) is 15.5. The molecule has 0 saturated heterocycles. The molecule has 0 aliphatic carbocycles. The summed E-state index contributed by atoms with van der Waals surface area (Å²) in [6.45, 7) is 10.1. The molecule has 2 aromatic rings. The molecule has 0 saturated carbocycles. The zero-order valence-electron chi connectivity index (χ0n) is 17.0. The van der Waals surface area contributed by atoms with Gasteiger partial charge in [0.1, 0.15) is 6.04 Å². The maximum Gasteiger partial charge on any atom is 0.242 e. The minimum atomic E-state index is -0.536. The standard InChI is InChI=1S/C23H30N2O2/c1-16(2)24-23(27)19(5)25(15-21-12-8-18(4)9-13-21)22(26)14-20-10-6-17(3)7-11-20/h6-13,16,19H,14-15H2,1-5H3,(H,24,27)/t19-/m1/s1. The zero-order valence-corrected chi connectivity index (χ0v) is 17.0. The van der Waals surface area contributed by atoms with Crippen molar-refractivity contribution < 1.29 is 9.59 Å². The summed E-state index contributed by atoms with van der Waals surface area (Å²) in [5, 5.41) is 2.91. The first-order valence-electron chi connectivity index (χ1n) is 9.47. The van der Waals surface area contributed by atoms with Crippen LogP contribution >= 0.6 is 0 Å². The number of hydrogen-bond donors (Lipinski definition) is 1. The molecule has 0 spiro atoms. The van der Waals surface area contributed by atoms with Gasteiger partial charge in [-0.15, -0.1) is 0 Å². The van der Waals surface area contributed by atoms with Crippen molar-refractivity contribution in [1.29, 1.82) is 0 Å². The minimum Gasteiger partial charge on any atom is -0.352 e. The Morgan fingerprint density at radius 2 is 1.33 bits per heavy atom. The second-order valence-electron chi connectivity index (χ2n) is 7.51. The van der Waals surface area contributed by atoms with Gasteiger partial charge in [-0.25, -0.2) is 0 Å². The maximum atomic E-state index is 13.0. The fraction of sp³-hybridized carbons (Fsp3) is 0.391. The number of carbonyl (C=O) groups is 2. The summed E-state index contributed by atoms with van der Waals surface area (Å²) in [4.78, 5) is 27.3. The van der Waals surface area contributed by atoms with Crippen LogP contribution in [0.1, 0.15) is 43.0 Å². The Hall–Kier alpha value is -2.62. The largest absolute Gasteiger partial charge is 0.352 e. The molecular weight excluding hydrogens is 336 g/mol. The number of aryl methyl sites for hydroxylation is 2. The van der Waals surface area contributed by atoms with E-state index in [0.717, 1.165) is 16.7 Å². The molecule has 144 valence electrons. The van der Waals surface area contributed by atoms with Crippen molar-refractivity contribution >= 4 is 11.8 Å². The van der Waals surface area contributed by atoms with Crippen LogP contribution < -0.4 is 5.32 Å². The van der Waals surface area contributed by atoms with Crippen LogP contribution in [-0.4, -0.2) is 28.8 Å². The van der Waals surface area contributed by atoms with E-state index in [0.29, 0.717) is 6.54 Å². The highest BCUT2D eigenvalue weighted by Crippen LogP contribution is 2.14. The van der Waals surface area contributed by atoms with Gasteiger partial charge in [-0.05, 0) is 45.7 Å². The molecule has 2 aromatic carbocycles.